The van der Waals surface area contributed by atoms with E-state index in [0.717, 1.165) is 10.9 Å². The molecule has 110 valence electrons. The molecule has 2 heterocycles. The van der Waals surface area contributed by atoms with E-state index >= 15 is 0 Å². The van der Waals surface area contributed by atoms with E-state index in [1.54, 1.807) is 36.4 Å². The normalized spacial score (nSPS) is 11.1. The number of fused-ring (bicyclic) bond motifs is 1. The molecule has 0 saturated heterocycles. The Morgan fingerprint density at radius 2 is 2.09 bits per heavy atom. The zero-order valence-electron chi connectivity index (χ0n) is 11.8. The summed E-state index contributed by atoms with van der Waals surface area (Å²) in [6, 6.07) is 10.1. The number of anilines is 1. The first-order valence-electron chi connectivity index (χ1n) is 6.69. The average Bonchev–Trinajstić information content (AvgIpc) is 2.98. The molecule has 0 radical (unpaired) electrons. The van der Waals surface area contributed by atoms with E-state index in [-0.39, 0.29) is 5.91 Å². The van der Waals surface area contributed by atoms with Gasteiger partial charge in [-0.3, -0.25) is 4.79 Å². The second-order valence-corrected chi connectivity index (χ2v) is 4.80. The molecular formula is C17H13NO4. The van der Waals surface area contributed by atoms with Gasteiger partial charge in [-0.05, 0) is 42.8 Å². The van der Waals surface area contributed by atoms with Gasteiger partial charge in [0.25, 0.3) is 0 Å². The monoisotopic (exact) mass is 295 g/mol. The Morgan fingerprint density at radius 1 is 1.23 bits per heavy atom. The predicted octanol–water partition coefficient (Wildman–Crippen LogP) is 3.35. The highest BCUT2D eigenvalue weighted by molar-refractivity contribution is 6.02. The minimum atomic E-state index is -0.411. The van der Waals surface area contributed by atoms with Gasteiger partial charge in [0.1, 0.15) is 11.3 Å². The largest absolute Gasteiger partial charge is 0.465 e. The number of furan rings is 1. The van der Waals surface area contributed by atoms with Gasteiger partial charge in [0.15, 0.2) is 0 Å². The molecule has 1 amide bonds. The quantitative estimate of drug-likeness (QED) is 0.594. The first-order valence-corrected chi connectivity index (χ1v) is 6.69. The lowest BCUT2D eigenvalue weighted by Gasteiger charge is -2.05. The number of benzene rings is 1. The number of aryl methyl sites for hydroxylation is 1. The maximum absolute atomic E-state index is 11.8. The lowest BCUT2D eigenvalue weighted by Crippen LogP contribution is -2.07. The number of hydrogen-bond acceptors (Lipinski definition) is 4. The van der Waals surface area contributed by atoms with Crippen LogP contribution < -0.4 is 10.9 Å². The third-order valence-electron chi connectivity index (χ3n) is 3.16. The van der Waals surface area contributed by atoms with Crippen LogP contribution in [0.3, 0.4) is 0 Å². The lowest BCUT2D eigenvalue weighted by molar-refractivity contribution is -0.111. The Kier molecular flexibility index (Phi) is 3.62. The second-order valence-electron chi connectivity index (χ2n) is 4.80. The van der Waals surface area contributed by atoms with Crippen molar-refractivity contribution in [3.05, 3.63) is 70.5 Å². The molecule has 0 aliphatic carbocycles. The third-order valence-corrected chi connectivity index (χ3v) is 3.16. The summed E-state index contributed by atoms with van der Waals surface area (Å²) in [4.78, 5) is 23.2. The van der Waals surface area contributed by atoms with Crippen LogP contribution >= 0.6 is 0 Å². The topological polar surface area (TPSA) is 72.5 Å². The molecule has 5 heteroatoms. The van der Waals surface area contributed by atoms with Crippen LogP contribution in [0.5, 0.6) is 0 Å². The summed E-state index contributed by atoms with van der Waals surface area (Å²) >= 11 is 0. The number of hydrogen-bond donors (Lipinski definition) is 1. The van der Waals surface area contributed by atoms with Crippen LogP contribution in [-0.4, -0.2) is 5.91 Å². The van der Waals surface area contributed by atoms with Crippen molar-refractivity contribution in [2.24, 2.45) is 0 Å². The van der Waals surface area contributed by atoms with E-state index < -0.39 is 5.63 Å². The zero-order chi connectivity index (χ0) is 15.5. The molecule has 0 fully saturated rings. The van der Waals surface area contributed by atoms with Gasteiger partial charge in [-0.15, -0.1) is 0 Å². The summed E-state index contributed by atoms with van der Waals surface area (Å²) in [5.74, 6) is 0.293. The molecule has 1 aromatic carbocycles. The van der Waals surface area contributed by atoms with Gasteiger partial charge < -0.3 is 14.2 Å². The smallest absolute Gasteiger partial charge is 0.336 e. The number of nitrogens with one attached hydrogen (secondary N) is 1. The van der Waals surface area contributed by atoms with Crippen molar-refractivity contribution in [3.8, 4) is 0 Å². The van der Waals surface area contributed by atoms with E-state index in [0.29, 0.717) is 17.0 Å². The fourth-order valence-corrected chi connectivity index (χ4v) is 2.13. The minimum Gasteiger partial charge on any atom is -0.465 e. The van der Waals surface area contributed by atoms with Crippen molar-refractivity contribution >= 4 is 28.6 Å². The molecule has 22 heavy (non-hydrogen) atoms. The van der Waals surface area contributed by atoms with Crippen molar-refractivity contribution in [1.82, 2.24) is 0 Å². The Morgan fingerprint density at radius 3 is 2.86 bits per heavy atom. The second kappa shape index (κ2) is 5.73. The maximum Gasteiger partial charge on any atom is 0.336 e. The van der Waals surface area contributed by atoms with E-state index in [9.17, 15) is 9.59 Å². The number of rotatable bonds is 3. The summed E-state index contributed by atoms with van der Waals surface area (Å²) in [7, 11) is 0. The molecule has 0 aliphatic heterocycles. The van der Waals surface area contributed by atoms with Crippen molar-refractivity contribution < 1.29 is 13.6 Å². The van der Waals surface area contributed by atoms with Crippen LogP contribution in [0.2, 0.25) is 0 Å². The first kappa shape index (κ1) is 13.9. The van der Waals surface area contributed by atoms with E-state index in [1.165, 1.54) is 18.4 Å². The SMILES string of the molecule is Cc1cc(=O)oc2cc(NC(=O)/C=C/c3ccco3)ccc12. The third kappa shape index (κ3) is 2.98. The van der Waals surface area contributed by atoms with Gasteiger partial charge in [-0.2, -0.15) is 0 Å². The molecule has 5 nitrogen and oxygen atoms in total. The summed E-state index contributed by atoms with van der Waals surface area (Å²) in [5, 5.41) is 3.54. The van der Waals surface area contributed by atoms with Crippen LogP contribution in [0.25, 0.3) is 17.0 Å². The summed E-state index contributed by atoms with van der Waals surface area (Å²) in [6.45, 7) is 1.84. The Bertz CT molecular complexity index is 904. The van der Waals surface area contributed by atoms with E-state index in [2.05, 4.69) is 5.32 Å². The standard InChI is InChI=1S/C17H13NO4/c1-11-9-17(20)22-15-10-12(4-6-14(11)15)18-16(19)7-5-13-3-2-8-21-13/h2-10H,1H3,(H,18,19)/b7-5+. The van der Waals surface area contributed by atoms with Crippen LogP contribution in [-0.2, 0) is 4.79 Å². The average molecular weight is 295 g/mol. The van der Waals surface area contributed by atoms with Gasteiger partial charge in [0, 0.05) is 29.3 Å². The Hall–Kier alpha value is -3.08. The van der Waals surface area contributed by atoms with Crippen LogP contribution in [0.15, 0.2) is 62.4 Å². The minimum absolute atomic E-state index is 0.300. The summed E-state index contributed by atoms with van der Waals surface area (Å²) in [6.07, 6.45) is 4.47. The van der Waals surface area contributed by atoms with Gasteiger partial charge in [0.05, 0.1) is 6.26 Å². The molecular weight excluding hydrogens is 282 g/mol. The van der Waals surface area contributed by atoms with Gasteiger partial charge in [-0.25, -0.2) is 4.79 Å². The fourth-order valence-electron chi connectivity index (χ4n) is 2.13. The molecule has 0 bridgehead atoms. The highest BCUT2D eigenvalue weighted by atomic mass is 16.4. The van der Waals surface area contributed by atoms with Crippen molar-refractivity contribution in [2.75, 3.05) is 5.32 Å². The predicted molar refractivity (Wildman–Crippen MR) is 83.6 cm³/mol. The molecule has 0 unspecified atom stereocenters. The highest BCUT2D eigenvalue weighted by Crippen LogP contribution is 2.20. The Balaban J connectivity index is 1.82. The van der Waals surface area contributed by atoms with Crippen molar-refractivity contribution in [3.63, 3.8) is 0 Å². The zero-order valence-corrected chi connectivity index (χ0v) is 11.8. The first-order chi connectivity index (χ1) is 10.6. The summed E-state index contributed by atoms with van der Waals surface area (Å²) < 4.78 is 10.2. The fraction of sp³-hybridized carbons (Fsp3) is 0.0588. The van der Waals surface area contributed by atoms with Gasteiger partial charge in [-0.1, -0.05) is 0 Å². The van der Waals surface area contributed by atoms with Crippen molar-refractivity contribution in [2.45, 2.75) is 6.92 Å². The molecule has 0 aliphatic rings. The van der Waals surface area contributed by atoms with Crippen LogP contribution in [0.1, 0.15) is 11.3 Å². The van der Waals surface area contributed by atoms with Crippen LogP contribution in [0.4, 0.5) is 5.69 Å². The lowest BCUT2D eigenvalue weighted by atomic mass is 10.1. The number of carbonyl (C=O) groups is 1. The van der Waals surface area contributed by atoms with Crippen molar-refractivity contribution in [1.29, 1.82) is 0 Å². The van der Waals surface area contributed by atoms with Crippen LogP contribution in [0, 0.1) is 6.92 Å². The van der Waals surface area contributed by atoms with Gasteiger partial charge in [0.2, 0.25) is 5.91 Å². The maximum atomic E-state index is 11.8. The molecule has 0 saturated carbocycles. The van der Waals surface area contributed by atoms with Gasteiger partial charge >= 0.3 is 5.63 Å². The van der Waals surface area contributed by atoms with E-state index in [1.807, 2.05) is 6.92 Å². The molecule has 2 aromatic heterocycles. The van der Waals surface area contributed by atoms with E-state index in [4.69, 9.17) is 8.83 Å². The molecule has 3 aromatic rings. The highest BCUT2D eigenvalue weighted by Gasteiger charge is 2.05. The summed E-state index contributed by atoms with van der Waals surface area (Å²) in [5.41, 5.74) is 1.42. The molecule has 3 rings (SSSR count). The number of amides is 1. The Labute approximate surface area is 125 Å². The number of carbonyl (C=O) groups excluding carboxylic acids is 1. The molecule has 0 atom stereocenters. The molecule has 0 spiro atoms. The molecule has 1 N–H and O–H groups in total.